The van der Waals surface area contributed by atoms with Gasteiger partial charge in [0.05, 0.1) is 12.2 Å². The summed E-state index contributed by atoms with van der Waals surface area (Å²) in [5, 5.41) is 3.15. The van der Waals surface area contributed by atoms with Crippen molar-refractivity contribution in [1.29, 1.82) is 0 Å². The zero-order valence-electron chi connectivity index (χ0n) is 12.7. The molecule has 3 heterocycles. The fraction of sp³-hybridized carbons (Fsp3) is 0.158. The lowest BCUT2D eigenvalue weighted by Crippen LogP contribution is -2.29. The number of hydrogen-bond acceptors (Lipinski definition) is 3. The Balaban J connectivity index is 1.87. The first-order chi connectivity index (χ1) is 11.3. The minimum Gasteiger partial charge on any atom is -0.356 e. The molecule has 2 N–H and O–H groups in total. The lowest BCUT2D eigenvalue weighted by atomic mass is 9.94. The standard InChI is InChI=1S/C19H17N3O/c23-17-12-21-11-16-18(17)15(10-13-4-2-1-3-5-13)19(22-16)14-6-8-20-9-7-14/h1-9,21-22H,10-12H2. The number of rotatable bonds is 3. The van der Waals surface area contributed by atoms with Crippen LogP contribution in [0.4, 0.5) is 0 Å². The van der Waals surface area contributed by atoms with Gasteiger partial charge in [-0.3, -0.25) is 9.78 Å². The highest BCUT2D eigenvalue weighted by atomic mass is 16.1. The largest absolute Gasteiger partial charge is 0.356 e. The summed E-state index contributed by atoms with van der Waals surface area (Å²) in [7, 11) is 0. The minimum absolute atomic E-state index is 0.161. The number of nitrogens with one attached hydrogen (secondary N) is 2. The van der Waals surface area contributed by atoms with Gasteiger partial charge in [0.25, 0.3) is 0 Å². The predicted octanol–water partition coefficient (Wildman–Crippen LogP) is 2.95. The molecule has 4 rings (SSSR count). The van der Waals surface area contributed by atoms with E-state index < -0.39 is 0 Å². The molecule has 1 aromatic carbocycles. The molecule has 0 bridgehead atoms. The van der Waals surface area contributed by atoms with E-state index in [1.807, 2.05) is 30.3 Å². The number of aromatic amines is 1. The normalized spacial score (nSPS) is 13.8. The Morgan fingerprint density at radius 2 is 1.78 bits per heavy atom. The number of pyridine rings is 1. The molecule has 23 heavy (non-hydrogen) atoms. The van der Waals surface area contributed by atoms with Crippen LogP contribution in [0.1, 0.15) is 27.2 Å². The number of hydrogen-bond donors (Lipinski definition) is 2. The van der Waals surface area contributed by atoms with Gasteiger partial charge >= 0.3 is 0 Å². The van der Waals surface area contributed by atoms with Crippen LogP contribution in [0.3, 0.4) is 0 Å². The number of carbonyl (C=O) groups excluding carboxylic acids is 1. The second-order valence-corrected chi connectivity index (χ2v) is 5.76. The van der Waals surface area contributed by atoms with Crippen LogP contribution in [0.2, 0.25) is 0 Å². The van der Waals surface area contributed by atoms with E-state index in [1.54, 1.807) is 12.4 Å². The molecule has 2 aromatic heterocycles. The summed E-state index contributed by atoms with van der Waals surface area (Å²) < 4.78 is 0. The van der Waals surface area contributed by atoms with Crippen molar-refractivity contribution < 1.29 is 4.79 Å². The molecule has 0 unspecified atom stereocenters. The zero-order chi connectivity index (χ0) is 15.6. The van der Waals surface area contributed by atoms with Crippen molar-refractivity contribution in [3.63, 3.8) is 0 Å². The maximum absolute atomic E-state index is 12.4. The van der Waals surface area contributed by atoms with E-state index in [-0.39, 0.29) is 5.78 Å². The molecule has 0 fully saturated rings. The second kappa shape index (κ2) is 5.82. The van der Waals surface area contributed by atoms with E-state index in [9.17, 15) is 4.79 Å². The van der Waals surface area contributed by atoms with Crippen molar-refractivity contribution in [2.75, 3.05) is 6.54 Å². The molecule has 3 aromatic rings. The zero-order valence-corrected chi connectivity index (χ0v) is 12.7. The quantitative estimate of drug-likeness (QED) is 0.782. The third kappa shape index (κ3) is 2.58. The molecular weight excluding hydrogens is 286 g/mol. The molecule has 0 saturated heterocycles. The smallest absolute Gasteiger partial charge is 0.178 e. The Bertz CT molecular complexity index is 838. The number of carbonyl (C=O) groups is 1. The van der Waals surface area contributed by atoms with Gasteiger partial charge in [-0.05, 0) is 23.3 Å². The molecule has 0 saturated carbocycles. The first kappa shape index (κ1) is 13.9. The lowest BCUT2D eigenvalue weighted by molar-refractivity contribution is 0.0981. The first-order valence-electron chi connectivity index (χ1n) is 7.75. The third-order valence-corrected chi connectivity index (χ3v) is 4.24. The van der Waals surface area contributed by atoms with E-state index in [0.29, 0.717) is 13.1 Å². The van der Waals surface area contributed by atoms with Gasteiger partial charge in [-0.15, -0.1) is 0 Å². The number of H-pyrrole nitrogens is 1. The summed E-state index contributed by atoms with van der Waals surface area (Å²) in [6.07, 6.45) is 4.30. The van der Waals surface area contributed by atoms with Gasteiger partial charge in [0.1, 0.15) is 0 Å². The minimum atomic E-state index is 0.161. The Labute approximate surface area is 134 Å². The average Bonchev–Trinajstić information content (AvgIpc) is 2.96. The molecule has 114 valence electrons. The summed E-state index contributed by atoms with van der Waals surface area (Å²) in [4.78, 5) is 20.0. The molecule has 4 nitrogen and oxygen atoms in total. The molecular formula is C19H17N3O. The average molecular weight is 303 g/mol. The number of aromatic nitrogens is 2. The van der Waals surface area contributed by atoms with Crippen molar-refractivity contribution in [2.45, 2.75) is 13.0 Å². The molecule has 1 aliphatic rings. The van der Waals surface area contributed by atoms with Crippen LogP contribution >= 0.6 is 0 Å². The number of benzene rings is 1. The topological polar surface area (TPSA) is 57.8 Å². The first-order valence-corrected chi connectivity index (χ1v) is 7.75. The van der Waals surface area contributed by atoms with E-state index in [2.05, 4.69) is 27.4 Å². The fourth-order valence-corrected chi connectivity index (χ4v) is 3.20. The van der Waals surface area contributed by atoms with Gasteiger partial charge in [0.15, 0.2) is 5.78 Å². The fourth-order valence-electron chi connectivity index (χ4n) is 3.20. The van der Waals surface area contributed by atoms with Crippen molar-refractivity contribution in [2.24, 2.45) is 0 Å². The summed E-state index contributed by atoms with van der Waals surface area (Å²) in [5.74, 6) is 0.161. The highest BCUT2D eigenvalue weighted by Gasteiger charge is 2.26. The molecule has 0 atom stereocenters. The van der Waals surface area contributed by atoms with Crippen molar-refractivity contribution in [3.05, 3.63) is 77.2 Å². The monoisotopic (exact) mass is 303 g/mol. The second-order valence-electron chi connectivity index (χ2n) is 5.76. The molecule has 4 heteroatoms. The van der Waals surface area contributed by atoms with Crippen molar-refractivity contribution in [3.8, 4) is 11.3 Å². The van der Waals surface area contributed by atoms with Crippen LogP contribution in [0.25, 0.3) is 11.3 Å². The van der Waals surface area contributed by atoms with Crippen LogP contribution in [-0.4, -0.2) is 22.3 Å². The highest BCUT2D eigenvalue weighted by molar-refractivity contribution is 6.02. The molecule has 0 amide bonds. The number of fused-ring (bicyclic) bond motifs is 1. The van der Waals surface area contributed by atoms with E-state index >= 15 is 0 Å². The summed E-state index contributed by atoms with van der Waals surface area (Å²) >= 11 is 0. The molecule has 1 aliphatic heterocycles. The van der Waals surface area contributed by atoms with E-state index in [1.165, 1.54) is 5.56 Å². The maximum Gasteiger partial charge on any atom is 0.178 e. The van der Waals surface area contributed by atoms with Crippen LogP contribution < -0.4 is 5.32 Å². The van der Waals surface area contributed by atoms with Gasteiger partial charge in [-0.1, -0.05) is 30.3 Å². The van der Waals surface area contributed by atoms with Crippen molar-refractivity contribution >= 4 is 5.78 Å². The van der Waals surface area contributed by atoms with Crippen molar-refractivity contribution in [1.82, 2.24) is 15.3 Å². The Morgan fingerprint density at radius 3 is 2.57 bits per heavy atom. The molecule has 0 spiro atoms. The number of Topliss-reactive ketones (excluding diaryl/α,β-unsaturated/α-hetero) is 1. The molecule has 0 aliphatic carbocycles. The van der Waals surface area contributed by atoms with Crippen LogP contribution in [0, 0.1) is 0 Å². The number of ketones is 1. The Morgan fingerprint density at radius 1 is 1.00 bits per heavy atom. The molecule has 0 radical (unpaired) electrons. The van der Waals surface area contributed by atoms with Gasteiger partial charge in [0.2, 0.25) is 0 Å². The summed E-state index contributed by atoms with van der Waals surface area (Å²) in [6, 6.07) is 14.2. The maximum atomic E-state index is 12.4. The summed E-state index contributed by atoms with van der Waals surface area (Å²) in [5.41, 5.74) is 6.23. The lowest BCUT2D eigenvalue weighted by Gasteiger charge is -2.13. The highest BCUT2D eigenvalue weighted by Crippen LogP contribution is 2.31. The van der Waals surface area contributed by atoms with E-state index in [0.717, 1.165) is 34.5 Å². The number of nitrogens with zero attached hydrogens (tertiary/aromatic N) is 1. The Kier molecular flexibility index (Phi) is 3.52. The van der Waals surface area contributed by atoms with E-state index in [4.69, 9.17) is 0 Å². The van der Waals surface area contributed by atoms with Crippen LogP contribution in [0.15, 0.2) is 54.9 Å². The van der Waals surface area contributed by atoms with Crippen LogP contribution in [0.5, 0.6) is 0 Å². The van der Waals surface area contributed by atoms with Gasteiger partial charge in [-0.2, -0.15) is 0 Å². The van der Waals surface area contributed by atoms with Gasteiger partial charge < -0.3 is 10.3 Å². The SMILES string of the molecule is O=C1CNCc2[nH]c(-c3ccncc3)c(Cc3ccccc3)c21. The Hall–Kier alpha value is -2.72. The van der Waals surface area contributed by atoms with Gasteiger partial charge in [-0.25, -0.2) is 0 Å². The van der Waals surface area contributed by atoms with Gasteiger partial charge in [0, 0.05) is 42.2 Å². The summed E-state index contributed by atoms with van der Waals surface area (Å²) in [6.45, 7) is 1.11. The van der Waals surface area contributed by atoms with Crippen LogP contribution in [-0.2, 0) is 13.0 Å². The third-order valence-electron chi connectivity index (χ3n) is 4.24. The predicted molar refractivity (Wildman–Crippen MR) is 89.3 cm³/mol.